The van der Waals surface area contributed by atoms with E-state index >= 15 is 0 Å². The highest BCUT2D eigenvalue weighted by atomic mass is 35.5. The summed E-state index contributed by atoms with van der Waals surface area (Å²) in [5, 5.41) is 4.11. The zero-order valence-electron chi connectivity index (χ0n) is 17.4. The molecule has 0 saturated carbocycles. The monoisotopic (exact) mass is 442 g/mol. The average molecular weight is 443 g/mol. The molecular weight excluding hydrogens is 420 g/mol. The summed E-state index contributed by atoms with van der Waals surface area (Å²) in [6.45, 7) is 4.73. The quantitative estimate of drug-likeness (QED) is 0.419. The first-order valence-electron chi connectivity index (χ1n) is 10.3. The zero-order valence-corrected chi connectivity index (χ0v) is 18.1. The second kappa shape index (κ2) is 8.89. The molecule has 0 fully saturated rings. The maximum Gasteiger partial charge on any atom is 0.332 e. The maximum absolute atomic E-state index is 13.0. The van der Waals surface area contributed by atoms with Gasteiger partial charge in [-0.2, -0.15) is 9.97 Å². The van der Waals surface area contributed by atoms with Gasteiger partial charge in [0.1, 0.15) is 0 Å². The molecule has 1 N–H and O–H groups in total. The Morgan fingerprint density at radius 2 is 1.94 bits per heavy atom. The highest BCUT2D eigenvalue weighted by Gasteiger charge is 2.17. The number of aromatic nitrogens is 6. The molecular formula is C21H23ClN6O3. The normalized spacial score (nSPS) is 11.5. The van der Waals surface area contributed by atoms with Crippen LogP contribution in [0.15, 0.2) is 38.4 Å². The number of aryl methyl sites for hydroxylation is 3. The van der Waals surface area contributed by atoms with Crippen LogP contribution in [0.5, 0.6) is 0 Å². The van der Waals surface area contributed by atoms with Crippen LogP contribution in [-0.4, -0.2) is 29.2 Å². The summed E-state index contributed by atoms with van der Waals surface area (Å²) in [6.07, 6.45) is 2.68. The van der Waals surface area contributed by atoms with Crippen LogP contribution in [0.4, 0.5) is 0 Å². The van der Waals surface area contributed by atoms with Crippen LogP contribution in [0.3, 0.4) is 0 Å². The van der Waals surface area contributed by atoms with E-state index in [9.17, 15) is 9.59 Å². The van der Waals surface area contributed by atoms with Gasteiger partial charge in [-0.3, -0.25) is 13.9 Å². The minimum absolute atomic E-state index is 0.0879. The fourth-order valence-corrected chi connectivity index (χ4v) is 3.67. The van der Waals surface area contributed by atoms with Crippen molar-refractivity contribution in [1.29, 1.82) is 0 Å². The standard InChI is InChI=1S/C21H23ClN6O3/c1-3-4-10-27-17-16(24-20(22)25-17)19(29)28(21(27)30)11-6-9-15-23-18(31-26-15)14-8-5-7-13(2)12-14/h5,7-8,12H,3-4,6,9-11H2,1-2H3,(H,24,25). The molecule has 31 heavy (non-hydrogen) atoms. The SMILES string of the molecule is CCCCn1c(=O)n(CCCc2noc(-c3cccc(C)c3)n2)c(=O)c2[nH]c(Cl)nc21. The van der Waals surface area contributed by atoms with Crippen LogP contribution in [0.2, 0.25) is 5.28 Å². The van der Waals surface area contributed by atoms with Crippen molar-refractivity contribution in [2.45, 2.75) is 52.6 Å². The van der Waals surface area contributed by atoms with Crippen molar-refractivity contribution >= 4 is 22.8 Å². The molecule has 0 aliphatic rings. The van der Waals surface area contributed by atoms with Gasteiger partial charge < -0.3 is 9.51 Å². The molecule has 0 bridgehead atoms. The summed E-state index contributed by atoms with van der Waals surface area (Å²) >= 11 is 5.96. The third kappa shape index (κ3) is 4.32. The number of rotatable bonds is 8. The maximum atomic E-state index is 13.0. The number of imidazole rings is 1. The Kier molecular flexibility index (Phi) is 6.03. The van der Waals surface area contributed by atoms with Crippen LogP contribution < -0.4 is 11.2 Å². The van der Waals surface area contributed by atoms with Crippen molar-refractivity contribution in [1.82, 2.24) is 29.2 Å². The lowest BCUT2D eigenvalue weighted by atomic mass is 10.1. The first-order valence-corrected chi connectivity index (χ1v) is 10.6. The molecule has 0 aliphatic carbocycles. The third-order valence-electron chi connectivity index (χ3n) is 5.08. The number of nitrogens with one attached hydrogen (secondary N) is 1. The number of aromatic amines is 1. The highest BCUT2D eigenvalue weighted by Crippen LogP contribution is 2.18. The number of H-pyrrole nitrogens is 1. The summed E-state index contributed by atoms with van der Waals surface area (Å²) in [6, 6.07) is 7.81. The Labute approximate surface area is 182 Å². The van der Waals surface area contributed by atoms with E-state index in [0.717, 1.165) is 24.0 Å². The van der Waals surface area contributed by atoms with Crippen LogP contribution in [0.1, 0.15) is 37.6 Å². The predicted molar refractivity (Wildman–Crippen MR) is 117 cm³/mol. The number of hydrogen-bond acceptors (Lipinski definition) is 6. The summed E-state index contributed by atoms with van der Waals surface area (Å²) in [7, 11) is 0. The molecule has 162 valence electrons. The van der Waals surface area contributed by atoms with Gasteiger partial charge in [-0.1, -0.05) is 36.2 Å². The molecule has 0 amide bonds. The molecule has 10 heteroatoms. The first-order chi connectivity index (χ1) is 15.0. The lowest BCUT2D eigenvalue weighted by Crippen LogP contribution is -2.40. The minimum atomic E-state index is -0.430. The van der Waals surface area contributed by atoms with E-state index in [1.807, 2.05) is 38.1 Å². The van der Waals surface area contributed by atoms with E-state index in [0.29, 0.717) is 36.7 Å². The van der Waals surface area contributed by atoms with Crippen molar-refractivity contribution in [2.24, 2.45) is 0 Å². The lowest BCUT2D eigenvalue weighted by molar-refractivity contribution is 0.420. The van der Waals surface area contributed by atoms with Crippen LogP contribution in [0.25, 0.3) is 22.6 Å². The van der Waals surface area contributed by atoms with Gasteiger partial charge in [-0.25, -0.2) is 4.79 Å². The molecule has 4 aromatic rings. The topological polar surface area (TPSA) is 112 Å². The predicted octanol–water partition coefficient (Wildman–Crippen LogP) is 3.33. The van der Waals surface area contributed by atoms with Crippen LogP contribution in [-0.2, 0) is 19.5 Å². The molecule has 0 aliphatic heterocycles. The van der Waals surface area contributed by atoms with Crippen LogP contribution >= 0.6 is 11.6 Å². The highest BCUT2D eigenvalue weighted by molar-refractivity contribution is 6.28. The summed E-state index contributed by atoms with van der Waals surface area (Å²) in [5.74, 6) is 0.979. The van der Waals surface area contributed by atoms with E-state index in [1.165, 1.54) is 9.13 Å². The number of fused-ring (bicyclic) bond motifs is 1. The van der Waals surface area contributed by atoms with E-state index in [-0.39, 0.29) is 23.0 Å². The van der Waals surface area contributed by atoms with Crippen molar-refractivity contribution in [2.75, 3.05) is 0 Å². The fraction of sp³-hybridized carbons (Fsp3) is 0.381. The molecule has 0 unspecified atom stereocenters. The molecule has 0 radical (unpaired) electrons. The van der Waals surface area contributed by atoms with Gasteiger partial charge in [0.15, 0.2) is 17.0 Å². The van der Waals surface area contributed by atoms with Gasteiger partial charge >= 0.3 is 5.69 Å². The van der Waals surface area contributed by atoms with E-state index in [1.54, 1.807) is 0 Å². The second-order valence-corrected chi connectivity index (χ2v) is 7.82. The number of benzene rings is 1. The van der Waals surface area contributed by atoms with Crippen molar-refractivity contribution < 1.29 is 4.52 Å². The molecule has 1 aromatic carbocycles. The fourth-order valence-electron chi connectivity index (χ4n) is 3.50. The molecule has 0 atom stereocenters. The molecule has 9 nitrogen and oxygen atoms in total. The molecule has 3 aromatic heterocycles. The summed E-state index contributed by atoms with van der Waals surface area (Å²) < 4.78 is 8.08. The summed E-state index contributed by atoms with van der Waals surface area (Å²) in [4.78, 5) is 37.1. The second-order valence-electron chi connectivity index (χ2n) is 7.46. The van der Waals surface area contributed by atoms with Gasteiger partial charge in [0.25, 0.3) is 11.4 Å². The van der Waals surface area contributed by atoms with E-state index < -0.39 is 5.56 Å². The van der Waals surface area contributed by atoms with Gasteiger partial charge in [0.2, 0.25) is 5.28 Å². The number of halogens is 1. The number of unbranched alkanes of at least 4 members (excludes halogenated alkanes) is 1. The zero-order chi connectivity index (χ0) is 22.0. The first kappa shape index (κ1) is 21.0. The number of hydrogen-bond donors (Lipinski definition) is 1. The number of nitrogens with zero attached hydrogens (tertiary/aromatic N) is 5. The third-order valence-corrected chi connectivity index (χ3v) is 5.26. The van der Waals surface area contributed by atoms with Crippen LogP contribution in [0, 0.1) is 6.92 Å². The van der Waals surface area contributed by atoms with Gasteiger partial charge in [-0.15, -0.1) is 0 Å². The smallest absolute Gasteiger partial charge is 0.332 e. The average Bonchev–Trinajstić information content (AvgIpc) is 3.37. The Bertz CT molecular complexity index is 1330. The van der Waals surface area contributed by atoms with Crippen molar-refractivity contribution in [3.63, 3.8) is 0 Å². The van der Waals surface area contributed by atoms with Crippen molar-refractivity contribution in [3.05, 3.63) is 61.8 Å². The molecule has 3 heterocycles. The molecule has 0 saturated heterocycles. The Morgan fingerprint density at radius 1 is 1.13 bits per heavy atom. The lowest BCUT2D eigenvalue weighted by Gasteiger charge is -2.10. The largest absolute Gasteiger partial charge is 0.334 e. The Balaban J connectivity index is 1.54. The minimum Gasteiger partial charge on any atom is -0.334 e. The van der Waals surface area contributed by atoms with Gasteiger partial charge in [0, 0.05) is 25.1 Å². The Hall–Kier alpha value is -3.20. The molecule has 0 spiro atoms. The van der Waals surface area contributed by atoms with E-state index in [4.69, 9.17) is 16.1 Å². The van der Waals surface area contributed by atoms with Crippen molar-refractivity contribution in [3.8, 4) is 11.5 Å². The molecule has 4 rings (SSSR count). The van der Waals surface area contributed by atoms with Gasteiger partial charge in [0.05, 0.1) is 0 Å². The summed E-state index contributed by atoms with van der Waals surface area (Å²) in [5.41, 5.74) is 1.68. The van der Waals surface area contributed by atoms with E-state index in [2.05, 4.69) is 20.1 Å². The van der Waals surface area contributed by atoms with Gasteiger partial charge in [-0.05, 0) is 43.5 Å². The Morgan fingerprint density at radius 3 is 2.71 bits per heavy atom.